The molecule has 0 radical (unpaired) electrons. The van der Waals surface area contributed by atoms with Gasteiger partial charge in [-0.25, -0.2) is 0 Å². The van der Waals surface area contributed by atoms with Gasteiger partial charge in [0, 0.05) is 11.3 Å². The fraction of sp³-hybridized carbons (Fsp3) is 0.143. The number of hydrogen-bond donors (Lipinski definition) is 1. The zero-order valence-electron chi connectivity index (χ0n) is 10.3. The third-order valence-electron chi connectivity index (χ3n) is 2.58. The second kappa shape index (κ2) is 5.14. The Morgan fingerprint density at radius 2 is 1.89 bits per heavy atom. The van der Waals surface area contributed by atoms with Crippen LogP contribution in [0.1, 0.15) is 16.8 Å². The van der Waals surface area contributed by atoms with Gasteiger partial charge in [0.15, 0.2) is 0 Å². The van der Waals surface area contributed by atoms with Crippen LogP contribution in [0.5, 0.6) is 11.5 Å². The molecule has 0 aliphatic rings. The smallest absolute Gasteiger partial charge is 0.145 e. The van der Waals surface area contributed by atoms with Crippen molar-refractivity contribution in [2.75, 3.05) is 0 Å². The summed E-state index contributed by atoms with van der Waals surface area (Å²) in [4.78, 5) is 4.58. The molecule has 0 bridgehead atoms. The van der Waals surface area contributed by atoms with E-state index in [-0.39, 0.29) is 0 Å². The van der Waals surface area contributed by atoms with E-state index in [0.29, 0.717) is 10.7 Å². The maximum Gasteiger partial charge on any atom is 0.145 e. The number of aromatic nitrogens is 1. The predicted octanol–water partition coefficient (Wildman–Crippen LogP) is 3.12. The Morgan fingerprint density at radius 3 is 2.44 bits per heavy atom. The van der Waals surface area contributed by atoms with Gasteiger partial charge in [-0.15, -0.1) is 0 Å². The van der Waals surface area contributed by atoms with E-state index in [0.717, 1.165) is 22.6 Å². The fourth-order valence-electron chi connectivity index (χ4n) is 1.63. The summed E-state index contributed by atoms with van der Waals surface area (Å²) in [5, 5.41) is 0. The van der Waals surface area contributed by atoms with Crippen LogP contribution in [0.3, 0.4) is 0 Å². The lowest BCUT2D eigenvalue weighted by Gasteiger charge is -2.09. The molecule has 92 valence electrons. The molecule has 1 aromatic carbocycles. The quantitative estimate of drug-likeness (QED) is 0.859. The molecule has 0 aliphatic carbocycles. The van der Waals surface area contributed by atoms with Crippen molar-refractivity contribution >= 4 is 17.2 Å². The van der Waals surface area contributed by atoms with Gasteiger partial charge in [-0.1, -0.05) is 12.2 Å². The topological polar surface area (TPSA) is 48.1 Å². The van der Waals surface area contributed by atoms with Crippen molar-refractivity contribution in [3.8, 4) is 11.5 Å². The Labute approximate surface area is 112 Å². The molecule has 0 aliphatic heterocycles. The van der Waals surface area contributed by atoms with E-state index in [1.165, 1.54) is 0 Å². The van der Waals surface area contributed by atoms with Crippen molar-refractivity contribution < 1.29 is 4.74 Å². The summed E-state index contributed by atoms with van der Waals surface area (Å²) in [5.74, 6) is 1.46. The predicted molar refractivity (Wildman–Crippen MR) is 76.1 cm³/mol. The van der Waals surface area contributed by atoms with Crippen LogP contribution in [0.15, 0.2) is 36.5 Å². The Hall–Kier alpha value is -1.94. The molecule has 4 heteroatoms. The van der Waals surface area contributed by atoms with Crippen LogP contribution in [-0.4, -0.2) is 9.97 Å². The molecule has 0 fully saturated rings. The van der Waals surface area contributed by atoms with Crippen molar-refractivity contribution in [3.63, 3.8) is 0 Å². The van der Waals surface area contributed by atoms with Gasteiger partial charge < -0.3 is 10.5 Å². The van der Waals surface area contributed by atoms with E-state index in [1.807, 2.05) is 44.2 Å². The van der Waals surface area contributed by atoms with E-state index >= 15 is 0 Å². The third-order valence-corrected chi connectivity index (χ3v) is 2.80. The Morgan fingerprint density at radius 1 is 1.17 bits per heavy atom. The molecule has 18 heavy (non-hydrogen) atoms. The van der Waals surface area contributed by atoms with E-state index < -0.39 is 0 Å². The number of benzene rings is 1. The number of thiocarbonyl (C=S) groups is 1. The number of ether oxygens (including phenoxy) is 1. The van der Waals surface area contributed by atoms with Crippen LogP contribution in [0, 0.1) is 13.8 Å². The Kier molecular flexibility index (Phi) is 3.58. The summed E-state index contributed by atoms with van der Waals surface area (Å²) in [6.07, 6.45) is 1.70. The highest BCUT2D eigenvalue weighted by Crippen LogP contribution is 2.23. The third kappa shape index (κ3) is 2.84. The van der Waals surface area contributed by atoms with Gasteiger partial charge in [0.2, 0.25) is 0 Å². The number of nitrogens with two attached hydrogens (primary N) is 1. The van der Waals surface area contributed by atoms with E-state index in [9.17, 15) is 0 Å². The highest BCUT2D eigenvalue weighted by molar-refractivity contribution is 7.80. The molecule has 2 aromatic rings. The highest BCUT2D eigenvalue weighted by Gasteiger charge is 2.04. The first-order valence-electron chi connectivity index (χ1n) is 5.57. The molecule has 3 nitrogen and oxygen atoms in total. The van der Waals surface area contributed by atoms with Crippen LogP contribution in [-0.2, 0) is 0 Å². The standard InChI is InChI=1S/C14H14N2OS/c1-9-7-11(5-6-13(9)14(15)18)17-12-4-3-10(2)16-8-12/h3-8H,1-2H3,(H2,15,18). The number of rotatable bonds is 3. The summed E-state index contributed by atoms with van der Waals surface area (Å²) in [7, 11) is 0. The number of pyridine rings is 1. The van der Waals surface area contributed by atoms with E-state index in [2.05, 4.69) is 4.98 Å². The van der Waals surface area contributed by atoms with Crippen LogP contribution in [0.4, 0.5) is 0 Å². The number of nitrogens with zero attached hydrogens (tertiary/aromatic N) is 1. The van der Waals surface area contributed by atoms with Crippen molar-refractivity contribution in [1.82, 2.24) is 4.98 Å². The summed E-state index contributed by atoms with van der Waals surface area (Å²) in [6, 6.07) is 9.43. The molecule has 0 amide bonds. The normalized spacial score (nSPS) is 10.1. The van der Waals surface area contributed by atoms with Crippen molar-refractivity contribution in [2.24, 2.45) is 5.73 Å². The van der Waals surface area contributed by atoms with E-state index in [4.69, 9.17) is 22.7 Å². The molecule has 0 saturated carbocycles. The van der Waals surface area contributed by atoms with Gasteiger partial charge in [0.1, 0.15) is 16.5 Å². The monoisotopic (exact) mass is 258 g/mol. The molecule has 0 unspecified atom stereocenters. The molecule has 0 atom stereocenters. The maximum absolute atomic E-state index is 5.70. The van der Waals surface area contributed by atoms with Gasteiger partial charge >= 0.3 is 0 Å². The molecule has 1 aromatic heterocycles. The zero-order valence-corrected chi connectivity index (χ0v) is 11.1. The first-order valence-corrected chi connectivity index (χ1v) is 5.98. The lowest BCUT2D eigenvalue weighted by molar-refractivity contribution is 0.479. The van der Waals surface area contributed by atoms with Crippen molar-refractivity contribution in [2.45, 2.75) is 13.8 Å². The highest BCUT2D eigenvalue weighted by atomic mass is 32.1. The zero-order chi connectivity index (χ0) is 13.1. The minimum atomic E-state index is 0.399. The first-order chi connectivity index (χ1) is 8.56. The Balaban J connectivity index is 2.22. The summed E-state index contributed by atoms with van der Waals surface area (Å²) >= 11 is 4.96. The van der Waals surface area contributed by atoms with Crippen LogP contribution in [0.2, 0.25) is 0 Å². The molecular formula is C14H14N2OS. The summed E-state index contributed by atoms with van der Waals surface area (Å²) < 4.78 is 5.70. The van der Waals surface area contributed by atoms with E-state index in [1.54, 1.807) is 6.20 Å². The lowest BCUT2D eigenvalue weighted by atomic mass is 10.1. The largest absolute Gasteiger partial charge is 0.456 e. The first kappa shape index (κ1) is 12.5. The second-order valence-electron chi connectivity index (χ2n) is 4.08. The number of hydrogen-bond acceptors (Lipinski definition) is 3. The average Bonchev–Trinajstić information content (AvgIpc) is 2.32. The molecular weight excluding hydrogens is 244 g/mol. The minimum absolute atomic E-state index is 0.399. The van der Waals surface area contributed by atoms with Gasteiger partial charge in [0.05, 0.1) is 6.20 Å². The summed E-state index contributed by atoms with van der Waals surface area (Å²) in [6.45, 7) is 3.89. The van der Waals surface area contributed by atoms with Gasteiger partial charge in [0.25, 0.3) is 0 Å². The van der Waals surface area contributed by atoms with Crippen LogP contribution < -0.4 is 10.5 Å². The Bertz CT molecular complexity index is 579. The van der Waals surface area contributed by atoms with Crippen LogP contribution >= 0.6 is 12.2 Å². The average molecular weight is 258 g/mol. The molecule has 0 saturated heterocycles. The van der Waals surface area contributed by atoms with Gasteiger partial charge in [-0.3, -0.25) is 4.98 Å². The molecule has 2 N–H and O–H groups in total. The van der Waals surface area contributed by atoms with Crippen molar-refractivity contribution in [3.05, 3.63) is 53.3 Å². The fourth-order valence-corrected chi connectivity index (χ4v) is 1.86. The maximum atomic E-state index is 5.70. The number of aryl methyl sites for hydroxylation is 2. The lowest BCUT2D eigenvalue weighted by Crippen LogP contribution is -2.10. The minimum Gasteiger partial charge on any atom is -0.456 e. The molecule has 0 spiro atoms. The SMILES string of the molecule is Cc1ccc(Oc2ccc(C(N)=S)c(C)c2)cn1. The molecule has 1 heterocycles. The summed E-state index contributed by atoms with van der Waals surface area (Å²) in [5.41, 5.74) is 8.45. The van der Waals surface area contributed by atoms with Gasteiger partial charge in [-0.2, -0.15) is 0 Å². The van der Waals surface area contributed by atoms with Crippen molar-refractivity contribution in [1.29, 1.82) is 0 Å². The van der Waals surface area contributed by atoms with Gasteiger partial charge in [-0.05, 0) is 49.7 Å². The van der Waals surface area contributed by atoms with Crippen LogP contribution in [0.25, 0.3) is 0 Å². The second-order valence-corrected chi connectivity index (χ2v) is 4.52. The molecule has 2 rings (SSSR count).